The number of thiophene rings is 1. The van der Waals surface area contributed by atoms with Gasteiger partial charge in [-0.1, -0.05) is 23.7 Å². The van der Waals surface area contributed by atoms with E-state index in [4.69, 9.17) is 17.3 Å². The van der Waals surface area contributed by atoms with Gasteiger partial charge in [0.2, 0.25) is 0 Å². The molecular formula is C19H15ClN4S. The van der Waals surface area contributed by atoms with Gasteiger partial charge in [0.05, 0.1) is 5.39 Å². The molecule has 0 saturated heterocycles. The third-order valence-corrected chi connectivity index (χ3v) is 5.00. The number of hydrogen-bond acceptors (Lipinski definition) is 5. The summed E-state index contributed by atoms with van der Waals surface area (Å²) in [4.78, 5) is 10.2. The highest BCUT2D eigenvalue weighted by Crippen LogP contribution is 2.38. The summed E-state index contributed by atoms with van der Waals surface area (Å²) in [6.07, 6.45) is 0. The van der Waals surface area contributed by atoms with Crippen LogP contribution >= 0.6 is 22.9 Å². The Morgan fingerprint density at radius 2 is 1.72 bits per heavy atom. The van der Waals surface area contributed by atoms with Gasteiger partial charge in [-0.05, 0) is 48.9 Å². The third-order valence-electron chi connectivity index (χ3n) is 3.87. The zero-order valence-corrected chi connectivity index (χ0v) is 15.0. The lowest BCUT2D eigenvalue weighted by Crippen LogP contribution is -1.98. The smallest absolute Gasteiger partial charge is 0.143 e. The number of nitrogens with one attached hydrogen (secondary N) is 1. The molecule has 0 aliphatic heterocycles. The van der Waals surface area contributed by atoms with Crippen molar-refractivity contribution in [2.75, 3.05) is 11.1 Å². The number of nitrogens with two attached hydrogens (primary N) is 1. The van der Waals surface area contributed by atoms with E-state index in [9.17, 15) is 0 Å². The number of nitrogens with zero attached hydrogens (tertiary/aromatic N) is 2. The largest absolute Gasteiger partial charge is 0.399 e. The zero-order valence-electron chi connectivity index (χ0n) is 13.5. The molecule has 124 valence electrons. The minimum Gasteiger partial charge on any atom is -0.399 e. The Morgan fingerprint density at radius 1 is 1.00 bits per heavy atom. The second kappa shape index (κ2) is 6.35. The molecule has 4 rings (SSSR count). The third kappa shape index (κ3) is 3.16. The molecule has 0 atom stereocenters. The molecule has 6 heteroatoms. The average Bonchev–Trinajstić information content (AvgIpc) is 3.01. The first kappa shape index (κ1) is 15.9. The van der Waals surface area contributed by atoms with Crippen LogP contribution < -0.4 is 11.1 Å². The van der Waals surface area contributed by atoms with Gasteiger partial charge in [0.1, 0.15) is 16.5 Å². The van der Waals surface area contributed by atoms with E-state index >= 15 is 0 Å². The fourth-order valence-corrected chi connectivity index (χ4v) is 3.80. The number of halogens is 1. The number of benzene rings is 2. The number of aryl methyl sites for hydroxylation is 1. The Kier molecular flexibility index (Phi) is 4.03. The van der Waals surface area contributed by atoms with E-state index in [-0.39, 0.29) is 0 Å². The molecule has 4 nitrogen and oxygen atoms in total. The van der Waals surface area contributed by atoms with Crippen LogP contribution in [0, 0.1) is 6.92 Å². The van der Waals surface area contributed by atoms with Gasteiger partial charge in [-0.15, -0.1) is 11.3 Å². The number of hydrogen-bond donors (Lipinski definition) is 2. The van der Waals surface area contributed by atoms with Gasteiger partial charge < -0.3 is 11.1 Å². The van der Waals surface area contributed by atoms with Gasteiger partial charge >= 0.3 is 0 Å². The number of anilines is 3. The maximum absolute atomic E-state index is 6.02. The minimum absolute atomic E-state index is 0.718. The van der Waals surface area contributed by atoms with Crippen molar-refractivity contribution in [3.63, 3.8) is 0 Å². The van der Waals surface area contributed by atoms with Crippen LogP contribution in [-0.4, -0.2) is 9.97 Å². The Balaban J connectivity index is 1.86. The molecule has 2 heterocycles. The van der Waals surface area contributed by atoms with E-state index < -0.39 is 0 Å². The van der Waals surface area contributed by atoms with Crippen molar-refractivity contribution in [2.45, 2.75) is 6.92 Å². The van der Waals surface area contributed by atoms with Crippen molar-refractivity contribution >= 4 is 50.3 Å². The van der Waals surface area contributed by atoms with Crippen molar-refractivity contribution in [1.29, 1.82) is 0 Å². The molecular weight excluding hydrogens is 352 g/mol. The molecule has 3 N–H and O–H groups in total. The van der Waals surface area contributed by atoms with Crippen LogP contribution in [0.4, 0.5) is 17.2 Å². The van der Waals surface area contributed by atoms with Crippen LogP contribution in [0.15, 0.2) is 53.9 Å². The highest BCUT2D eigenvalue weighted by molar-refractivity contribution is 7.17. The fraction of sp³-hybridized carbons (Fsp3) is 0.0526. The van der Waals surface area contributed by atoms with Gasteiger partial charge in [-0.3, -0.25) is 0 Å². The summed E-state index contributed by atoms with van der Waals surface area (Å²) in [5, 5.41) is 7.23. The fourth-order valence-electron chi connectivity index (χ4n) is 2.68. The summed E-state index contributed by atoms with van der Waals surface area (Å²) in [6.45, 7) is 1.90. The normalized spacial score (nSPS) is 11.0. The molecule has 0 bridgehead atoms. The molecule has 0 aliphatic rings. The zero-order chi connectivity index (χ0) is 17.4. The molecule has 2 aromatic heterocycles. The molecule has 2 aromatic carbocycles. The Bertz CT molecular complexity index is 1040. The van der Waals surface area contributed by atoms with Crippen molar-refractivity contribution in [3.05, 3.63) is 64.8 Å². The molecule has 0 unspecified atom stereocenters. The topological polar surface area (TPSA) is 63.8 Å². The Hall–Kier alpha value is -2.63. The van der Waals surface area contributed by atoms with Crippen molar-refractivity contribution in [3.8, 4) is 11.1 Å². The summed E-state index contributed by atoms with van der Waals surface area (Å²) in [5.41, 5.74) is 9.61. The highest BCUT2D eigenvalue weighted by Gasteiger charge is 2.14. The maximum Gasteiger partial charge on any atom is 0.143 e. The average molecular weight is 367 g/mol. The highest BCUT2D eigenvalue weighted by atomic mass is 35.5. The first-order valence-corrected chi connectivity index (χ1v) is 9.00. The van der Waals surface area contributed by atoms with Crippen LogP contribution in [0.3, 0.4) is 0 Å². The molecule has 0 amide bonds. The van der Waals surface area contributed by atoms with E-state index in [1.807, 2.05) is 55.5 Å². The lowest BCUT2D eigenvalue weighted by atomic mass is 10.1. The van der Waals surface area contributed by atoms with Crippen LogP contribution in [0.5, 0.6) is 0 Å². The quantitative estimate of drug-likeness (QED) is 0.460. The molecule has 0 aliphatic carbocycles. The van der Waals surface area contributed by atoms with E-state index in [1.165, 1.54) is 0 Å². The van der Waals surface area contributed by atoms with Gasteiger partial charge in [0.15, 0.2) is 0 Å². The second-order valence-electron chi connectivity index (χ2n) is 5.70. The van der Waals surface area contributed by atoms with E-state index in [0.717, 1.165) is 49.4 Å². The van der Waals surface area contributed by atoms with Crippen molar-refractivity contribution < 1.29 is 0 Å². The van der Waals surface area contributed by atoms with E-state index in [0.29, 0.717) is 0 Å². The summed E-state index contributed by atoms with van der Waals surface area (Å²) < 4.78 is 0. The number of rotatable bonds is 3. The van der Waals surface area contributed by atoms with Gasteiger partial charge in [0, 0.05) is 27.3 Å². The first-order valence-electron chi connectivity index (χ1n) is 7.74. The van der Waals surface area contributed by atoms with Gasteiger partial charge in [-0.2, -0.15) is 0 Å². The first-order chi connectivity index (χ1) is 12.1. The molecule has 0 fully saturated rings. The second-order valence-corrected chi connectivity index (χ2v) is 7.00. The maximum atomic E-state index is 6.02. The van der Waals surface area contributed by atoms with Crippen molar-refractivity contribution in [2.24, 2.45) is 0 Å². The number of nitrogen functional groups attached to an aromatic ring is 1. The molecule has 0 spiro atoms. The predicted molar refractivity (Wildman–Crippen MR) is 107 cm³/mol. The van der Waals surface area contributed by atoms with Crippen LogP contribution in [0.1, 0.15) is 5.82 Å². The Morgan fingerprint density at radius 3 is 2.44 bits per heavy atom. The van der Waals surface area contributed by atoms with Crippen LogP contribution in [0.2, 0.25) is 5.02 Å². The molecule has 4 aromatic rings. The van der Waals surface area contributed by atoms with E-state index in [1.54, 1.807) is 11.3 Å². The van der Waals surface area contributed by atoms with Gasteiger partial charge in [0.25, 0.3) is 0 Å². The number of aromatic nitrogens is 2. The summed E-state index contributed by atoms with van der Waals surface area (Å²) >= 11 is 7.63. The SMILES string of the molecule is Cc1nc(Nc2ccc(N)cc2)c2c(-c3ccc(Cl)cc3)csc2n1. The summed E-state index contributed by atoms with van der Waals surface area (Å²) in [6, 6.07) is 15.4. The van der Waals surface area contributed by atoms with Crippen LogP contribution in [0.25, 0.3) is 21.3 Å². The minimum atomic E-state index is 0.718. The summed E-state index contributed by atoms with van der Waals surface area (Å²) in [7, 11) is 0. The number of fused-ring (bicyclic) bond motifs is 1. The van der Waals surface area contributed by atoms with Gasteiger partial charge in [-0.25, -0.2) is 9.97 Å². The lowest BCUT2D eigenvalue weighted by Gasteiger charge is -2.10. The molecule has 25 heavy (non-hydrogen) atoms. The summed E-state index contributed by atoms with van der Waals surface area (Å²) in [5.74, 6) is 1.52. The lowest BCUT2D eigenvalue weighted by molar-refractivity contribution is 1.10. The molecule has 0 radical (unpaired) electrons. The standard InChI is InChI=1S/C19H15ClN4S/c1-11-22-18(24-15-8-6-14(21)7-9-15)17-16(10-25-19(17)23-11)12-2-4-13(20)5-3-12/h2-10H,21H2,1H3,(H,22,23,24). The van der Waals surface area contributed by atoms with Crippen molar-refractivity contribution in [1.82, 2.24) is 9.97 Å². The Labute approximate surface area is 154 Å². The van der Waals surface area contributed by atoms with Crippen LogP contribution in [-0.2, 0) is 0 Å². The monoisotopic (exact) mass is 366 g/mol. The predicted octanol–water partition coefficient (Wildman–Crippen LogP) is 5.65. The molecule has 0 saturated carbocycles. The van der Waals surface area contributed by atoms with E-state index in [2.05, 4.69) is 20.7 Å².